The molecule has 0 aromatic heterocycles. The van der Waals surface area contributed by atoms with E-state index in [1.165, 1.54) is 0 Å². The minimum Gasteiger partial charge on any atom is -0.296 e. The zero-order valence-electron chi connectivity index (χ0n) is 10.6. The molecule has 1 heterocycles. The second-order valence-corrected chi connectivity index (χ2v) is 4.91. The molecule has 1 fully saturated rings. The summed E-state index contributed by atoms with van der Waals surface area (Å²) in [6.45, 7) is 6.29. The molecule has 1 aliphatic rings. The Morgan fingerprint density at radius 2 is 1.75 bits per heavy atom. The lowest BCUT2D eigenvalue weighted by Gasteiger charge is -2.42. The van der Waals surface area contributed by atoms with Crippen molar-refractivity contribution in [2.24, 2.45) is 11.3 Å². The SMILES string of the molecule is CCCC1(CCC)CC(=O)NC(=O)C1CC. The normalized spacial score (nSPS) is 24.3. The van der Waals surface area contributed by atoms with E-state index in [0.717, 1.165) is 32.1 Å². The maximum absolute atomic E-state index is 11.9. The topological polar surface area (TPSA) is 46.2 Å². The van der Waals surface area contributed by atoms with Crippen LogP contribution in [-0.2, 0) is 9.59 Å². The van der Waals surface area contributed by atoms with Crippen LogP contribution in [0.25, 0.3) is 0 Å². The van der Waals surface area contributed by atoms with E-state index in [4.69, 9.17) is 0 Å². The highest BCUT2D eigenvalue weighted by Gasteiger charge is 2.45. The van der Waals surface area contributed by atoms with Crippen LogP contribution in [0.4, 0.5) is 0 Å². The lowest BCUT2D eigenvalue weighted by atomic mass is 9.64. The van der Waals surface area contributed by atoms with Gasteiger partial charge >= 0.3 is 0 Å². The van der Waals surface area contributed by atoms with Gasteiger partial charge in [0.05, 0.1) is 0 Å². The average Bonchev–Trinajstić information content (AvgIpc) is 2.17. The molecule has 0 aromatic rings. The van der Waals surface area contributed by atoms with E-state index in [-0.39, 0.29) is 23.1 Å². The molecule has 1 N–H and O–H groups in total. The van der Waals surface area contributed by atoms with Crippen molar-refractivity contribution in [3.63, 3.8) is 0 Å². The number of nitrogens with one attached hydrogen (secondary N) is 1. The van der Waals surface area contributed by atoms with E-state index in [1.54, 1.807) is 0 Å². The van der Waals surface area contributed by atoms with Crippen molar-refractivity contribution >= 4 is 11.8 Å². The van der Waals surface area contributed by atoms with Crippen molar-refractivity contribution in [3.8, 4) is 0 Å². The van der Waals surface area contributed by atoms with Gasteiger partial charge in [0.2, 0.25) is 11.8 Å². The van der Waals surface area contributed by atoms with Crippen molar-refractivity contribution in [2.45, 2.75) is 59.3 Å². The molecular weight excluding hydrogens is 202 g/mol. The lowest BCUT2D eigenvalue weighted by molar-refractivity contribution is -0.144. The third-order valence-corrected chi connectivity index (χ3v) is 3.73. The molecule has 0 aromatic carbocycles. The van der Waals surface area contributed by atoms with E-state index >= 15 is 0 Å². The molecule has 3 heteroatoms. The molecule has 1 atom stereocenters. The number of amides is 2. The van der Waals surface area contributed by atoms with Gasteiger partial charge in [-0.15, -0.1) is 0 Å². The van der Waals surface area contributed by atoms with Crippen LogP contribution in [0.2, 0.25) is 0 Å². The quantitative estimate of drug-likeness (QED) is 0.731. The van der Waals surface area contributed by atoms with Crippen LogP contribution in [0.15, 0.2) is 0 Å². The van der Waals surface area contributed by atoms with Gasteiger partial charge in [-0.2, -0.15) is 0 Å². The van der Waals surface area contributed by atoms with E-state index in [2.05, 4.69) is 19.2 Å². The number of piperidine rings is 1. The van der Waals surface area contributed by atoms with Crippen LogP contribution in [-0.4, -0.2) is 11.8 Å². The Hall–Kier alpha value is -0.860. The lowest BCUT2D eigenvalue weighted by Crippen LogP contribution is -2.51. The molecule has 92 valence electrons. The maximum Gasteiger partial charge on any atom is 0.230 e. The minimum atomic E-state index is -0.0865. The average molecular weight is 225 g/mol. The molecule has 16 heavy (non-hydrogen) atoms. The Bertz CT molecular complexity index is 267. The maximum atomic E-state index is 11.9. The molecule has 0 aliphatic carbocycles. The van der Waals surface area contributed by atoms with E-state index < -0.39 is 0 Å². The second kappa shape index (κ2) is 5.46. The number of carbonyl (C=O) groups excluding carboxylic acids is 2. The van der Waals surface area contributed by atoms with Crippen molar-refractivity contribution < 1.29 is 9.59 Å². The van der Waals surface area contributed by atoms with Crippen LogP contribution < -0.4 is 5.32 Å². The largest absolute Gasteiger partial charge is 0.296 e. The van der Waals surface area contributed by atoms with E-state index in [1.807, 2.05) is 6.92 Å². The molecule has 0 saturated carbocycles. The Kier molecular flexibility index (Phi) is 4.51. The van der Waals surface area contributed by atoms with Gasteiger partial charge in [0.25, 0.3) is 0 Å². The minimum absolute atomic E-state index is 0.0186. The number of imide groups is 1. The van der Waals surface area contributed by atoms with E-state index in [0.29, 0.717) is 6.42 Å². The molecule has 1 unspecified atom stereocenters. The van der Waals surface area contributed by atoms with Gasteiger partial charge in [-0.05, 0) is 24.7 Å². The van der Waals surface area contributed by atoms with Gasteiger partial charge in [0.15, 0.2) is 0 Å². The third-order valence-electron chi connectivity index (χ3n) is 3.73. The third kappa shape index (κ3) is 2.45. The molecule has 3 nitrogen and oxygen atoms in total. The summed E-state index contributed by atoms with van der Waals surface area (Å²) in [4.78, 5) is 23.4. The number of hydrogen-bond donors (Lipinski definition) is 1. The van der Waals surface area contributed by atoms with Gasteiger partial charge in [0, 0.05) is 12.3 Å². The first-order valence-electron chi connectivity index (χ1n) is 6.43. The molecule has 1 aliphatic heterocycles. The van der Waals surface area contributed by atoms with Gasteiger partial charge in [-0.3, -0.25) is 14.9 Å². The summed E-state index contributed by atoms with van der Waals surface area (Å²) >= 11 is 0. The van der Waals surface area contributed by atoms with Crippen LogP contribution in [0.5, 0.6) is 0 Å². The standard InChI is InChI=1S/C13H23NO2/c1-4-7-13(8-5-2)9-11(15)14-12(16)10(13)6-3/h10H,4-9H2,1-3H3,(H,14,15,16). The van der Waals surface area contributed by atoms with Crippen LogP contribution in [0, 0.1) is 11.3 Å². The van der Waals surface area contributed by atoms with Crippen molar-refractivity contribution in [1.29, 1.82) is 0 Å². The van der Waals surface area contributed by atoms with Crippen LogP contribution >= 0.6 is 0 Å². The molecule has 1 saturated heterocycles. The monoisotopic (exact) mass is 225 g/mol. The van der Waals surface area contributed by atoms with Gasteiger partial charge in [0.1, 0.15) is 0 Å². The molecule has 0 bridgehead atoms. The number of rotatable bonds is 5. The summed E-state index contributed by atoms with van der Waals surface area (Å²) in [6, 6.07) is 0. The first kappa shape index (κ1) is 13.2. The first-order chi connectivity index (χ1) is 7.59. The first-order valence-corrected chi connectivity index (χ1v) is 6.43. The van der Waals surface area contributed by atoms with Gasteiger partial charge in [-0.1, -0.05) is 33.6 Å². The summed E-state index contributed by atoms with van der Waals surface area (Å²) in [5.41, 5.74) is -0.0718. The fourth-order valence-corrected chi connectivity index (χ4v) is 3.25. The van der Waals surface area contributed by atoms with Crippen molar-refractivity contribution in [1.82, 2.24) is 5.32 Å². The summed E-state index contributed by atoms with van der Waals surface area (Å²) in [7, 11) is 0. The van der Waals surface area contributed by atoms with Crippen molar-refractivity contribution in [2.75, 3.05) is 0 Å². The summed E-state index contributed by atoms with van der Waals surface area (Å²) in [6.07, 6.45) is 5.41. The van der Waals surface area contributed by atoms with Gasteiger partial charge < -0.3 is 0 Å². The zero-order valence-corrected chi connectivity index (χ0v) is 10.6. The van der Waals surface area contributed by atoms with Gasteiger partial charge in [-0.25, -0.2) is 0 Å². The highest BCUT2D eigenvalue weighted by Crippen LogP contribution is 2.44. The Balaban J connectivity index is 2.98. The van der Waals surface area contributed by atoms with E-state index in [9.17, 15) is 9.59 Å². The van der Waals surface area contributed by atoms with Crippen LogP contribution in [0.1, 0.15) is 59.3 Å². The Morgan fingerprint density at radius 3 is 2.19 bits per heavy atom. The smallest absolute Gasteiger partial charge is 0.230 e. The Labute approximate surface area is 98.0 Å². The zero-order chi connectivity index (χ0) is 12.2. The summed E-state index contributed by atoms with van der Waals surface area (Å²) in [5.74, 6) is -0.123. The Morgan fingerprint density at radius 1 is 1.19 bits per heavy atom. The molecule has 0 radical (unpaired) electrons. The summed E-state index contributed by atoms with van der Waals surface area (Å²) < 4.78 is 0. The second-order valence-electron chi connectivity index (χ2n) is 4.91. The number of hydrogen-bond acceptors (Lipinski definition) is 2. The fourth-order valence-electron chi connectivity index (χ4n) is 3.25. The molecule has 1 rings (SSSR count). The van der Waals surface area contributed by atoms with Crippen molar-refractivity contribution in [3.05, 3.63) is 0 Å². The number of carbonyl (C=O) groups is 2. The predicted octanol–water partition coefficient (Wildman–Crippen LogP) is 2.65. The highest BCUT2D eigenvalue weighted by molar-refractivity contribution is 5.99. The van der Waals surface area contributed by atoms with Crippen LogP contribution in [0.3, 0.4) is 0 Å². The summed E-state index contributed by atoms with van der Waals surface area (Å²) in [5, 5.41) is 2.47. The predicted molar refractivity (Wildman–Crippen MR) is 63.8 cm³/mol. The molecule has 2 amide bonds. The fraction of sp³-hybridized carbons (Fsp3) is 0.846. The molecular formula is C13H23NO2. The highest BCUT2D eigenvalue weighted by atomic mass is 16.2. The molecule has 0 spiro atoms.